The molecule has 0 saturated carbocycles. The third-order valence-corrected chi connectivity index (χ3v) is 3.82. The van der Waals surface area contributed by atoms with Crippen LogP contribution in [-0.4, -0.2) is 49.5 Å². The summed E-state index contributed by atoms with van der Waals surface area (Å²) in [6.07, 6.45) is -3.15. The largest absolute Gasteiger partial charge is 0.408 e. The molecule has 2 amide bonds. The first kappa shape index (κ1) is 17.6. The van der Waals surface area contributed by atoms with E-state index in [0.29, 0.717) is 18.7 Å². The number of nitrogens with zero attached hydrogens (tertiary/aromatic N) is 1. The normalized spacial score (nSPS) is 19.4. The lowest BCUT2D eigenvalue weighted by atomic mass is 10.1. The van der Waals surface area contributed by atoms with Crippen molar-refractivity contribution in [2.24, 2.45) is 0 Å². The van der Waals surface area contributed by atoms with Crippen molar-refractivity contribution >= 4 is 6.03 Å². The van der Waals surface area contributed by atoms with Crippen LogP contribution >= 0.6 is 0 Å². The van der Waals surface area contributed by atoms with Crippen LogP contribution < -0.4 is 5.32 Å². The monoisotopic (exact) mass is 330 g/mol. The second-order valence-corrected chi connectivity index (χ2v) is 5.75. The quantitative estimate of drug-likeness (QED) is 0.902. The molecule has 1 heterocycles. The number of amides is 2. The molecule has 0 aliphatic carbocycles. The van der Waals surface area contributed by atoms with Gasteiger partial charge in [-0.15, -0.1) is 0 Å². The number of hydrogen-bond acceptors (Lipinski definition) is 2. The van der Waals surface area contributed by atoms with Crippen molar-refractivity contribution in [2.45, 2.75) is 37.6 Å². The number of carbonyl (C=O) groups excluding carboxylic acids is 1. The molecule has 2 rings (SSSR count). The Kier molecular flexibility index (Phi) is 5.87. The second kappa shape index (κ2) is 7.68. The smallest absolute Gasteiger partial charge is 0.376 e. The van der Waals surface area contributed by atoms with Gasteiger partial charge in [-0.3, -0.25) is 0 Å². The fourth-order valence-corrected chi connectivity index (χ4v) is 2.53. The summed E-state index contributed by atoms with van der Waals surface area (Å²) in [6.45, 7) is 0.932. The fraction of sp³-hybridized carbons (Fsp3) is 0.562. The standard InChI is InChI=1S/C16H21F3N2O2/c1-21(11-13-8-5-9-23-13)15(22)20-14(16(17,18)19)10-12-6-3-2-4-7-12/h2-4,6-7,13-14H,5,8-11H2,1H3,(H,20,22)/t13-,14-/m1/s1. The molecule has 4 nitrogen and oxygen atoms in total. The Hall–Kier alpha value is -1.76. The van der Waals surface area contributed by atoms with Crippen molar-refractivity contribution in [1.29, 1.82) is 0 Å². The van der Waals surface area contributed by atoms with Crippen LogP contribution in [0.4, 0.5) is 18.0 Å². The summed E-state index contributed by atoms with van der Waals surface area (Å²) in [5.41, 5.74) is 0.525. The predicted octanol–water partition coefficient (Wildman–Crippen LogP) is 2.98. The highest BCUT2D eigenvalue weighted by Crippen LogP contribution is 2.23. The van der Waals surface area contributed by atoms with Gasteiger partial charge in [0.1, 0.15) is 6.04 Å². The molecule has 2 atom stereocenters. The summed E-state index contributed by atoms with van der Waals surface area (Å²) in [6, 6.07) is 5.66. The number of rotatable bonds is 5. The lowest BCUT2D eigenvalue weighted by Crippen LogP contribution is -2.51. The molecule has 0 spiro atoms. The molecule has 7 heteroatoms. The van der Waals surface area contributed by atoms with Gasteiger partial charge >= 0.3 is 12.2 Å². The van der Waals surface area contributed by atoms with E-state index in [0.717, 1.165) is 12.8 Å². The van der Waals surface area contributed by atoms with Gasteiger partial charge in [-0.05, 0) is 18.4 Å². The number of urea groups is 1. The summed E-state index contributed by atoms with van der Waals surface area (Å²) in [5.74, 6) is 0. The molecule has 0 bridgehead atoms. The van der Waals surface area contributed by atoms with Crippen molar-refractivity contribution < 1.29 is 22.7 Å². The zero-order valence-electron chi connectivity index (χ0n) is 13.0. The highest BCUT2D eigenvalue weighted by Gasteiger charge is 2.41. The molecule has 1 fully saturated rings. The maximum atomic E-state index is 13.2. The SMILES string of the molecule is CN(C[C@H]1CCCO1)C(=O)N[C@H](Cc1ccccc1)C(F)(F)F. The van der Waals surface area contributed by atoms with Crippen LogP contribution in [0.15, 0.2) is 30.3 Å². The number of ether oxygens (including phenoxy) is 1. The molecule has 1 aromatic carbocycles. The Morgan fingerprint density at radius 2 is 2.09 bits per heavy atom. The fourth-order valence-electron chi connectivity index (χ4n) is 2.53. The molecular formula is C16H21F3N2O2. The van der Waals surface area contributed by atoms with Gasteiger partial charge in [0.25, 0.3) is 0 Å². The topological polar surface area (TPSA) is 41.6 Å². The van der Waals surface area contributed by atoms with Crippen molar-refractivity contribution in [3.05, 3.63) is 35.9 Å². The van der Waals surface area contributed by atoms with E-state index < -0.39 is 18.2 Å². The molecule has 0 unspecified atom stereocenters. The Bertz CT molecular complexity index is 502. The van der Waals surface area contributed by atoms with Gasteiger partial charge in [0.15, 0.2) is 0 Å². The molecule has 1 aliphatic heterocycles. The summed E-state index contributed by atoms with van der Waals surface area (Å²) in [7, 11) is 1.48. The van der Waals surface area contributed by atoms with E-state index in [2.05, 4.69) is 5.32 Å². The minimum absolute atomic E-state index is 0.0933. The maximum absolute atomic E-state index is 13.2. The van der Waals surface area contributed by atoms with E-state index in [1.165, 1.54) is 11.9 Å². The van der Waals surface area contributed by atoms with Crippen molar-refractivity contribution in [3.8, 4) is 0 Å². The zero-order valence-corrected chi connectivity index (χ0v) is 13.0. The number of benzene rings is 1. The van der Waals surface area contributed by atoms with Gasteiger partial charge in [0.05, 0.1) is 6.10 Å². The summed E-state index contributed by atoms with van der Waals surface area (Å²) >= 11 is 0. The minimum Gasteiger partial charge on any atom is -0.376 e. The Labute approximate surface area is 133 Å². The van der Waals surface area contributed by atoms with Gasteiger partial charge in [0, 0.05) is 26.6 Å². The number of halogens is 3. The third kappa shape index (κ3) is 5.42. The summed E-state index contributed by atoms with van der Waals surface area (Å²) in [5, 5.41) is 2.09. The maximum Gasteiger partial charge on any atom is 0.408 e. The second-order valence-electron chi connectivity index (χ2n) is 5.75. The minimum atomic E-state index is -4.50. The lowest BCUT2D eigenvalue weighted by molar-refractivity contribution is -0.153. The van der Waals surface area contributed by atoms with E-state index in [9.17, 15) is 18.0 Å². The van der Waals surface area contributed by atoms with Gasteiger partial charge in [-0.1, -0.05) is 30.3 Å². The van der Waals surface area contributed by atoms with Gasteiger partial charge in [0.2, 0.25) is 0 Å². The Morgan fingerprint density at radius 3 is 2.65 bits per heavy atom. The van der Waals surface area contributed by atoms with Gasteiger partial charge < -0.3 is 15.0 Å². The Morgan fingerprint density at radius 1 is 1.39 bits per heavy atom. The number of carbonyl (C=O) groups is 1. The van der Waals surface area contributed by atoms with Crippen LogP contribution in [-0.2, 0) is 11.2 Å². The summed E-state index contributed by atoms with van der Waals surface area (Å²) < 4.78 is 44.9. The molecule has 1 aliphatic rings. The van der Waals surface area contributed by atoms with Crippen LogP contribution in [0.3, 0.4) is 0 Å². The van der Waals surface area contributed by atoms with E-state index in [4.69, 9.17) is 4.74 Å². The lowest BCUT2D eigenvalue weighted by Gasteiger charge is -2.26. The zero-order chi connectivity index (χ0) is 16.9. The Balaban J connectivity index is 1.95. The number of alkyl halides is 3. The van der Waals surface area contributed by atoms with Crippen LogP contribution in [0.1, 0.15) is 18.4 Å². The van der Waals surface area contributed by atoms with E-state index in [1.54, 1.807) is 30.3 Å². The molecule has 0 aromatic heterocycles. The molecule has 0 radical (unpaired) electrons. The van der Waals surface area contributed by atoms with Crippen molar-refractivity contribution in [2.75, 3.05) is 20.2 Å². The number of nitrogens with one attached hydrogen (secondary N) is 1. The first-order valence-electron chi connectivity index (χ1n) is 7.60. The van der Waals surface area contributed by atoms with E-state index in [-0.39, 0.29) is 12.5 Å². The van der Waals surface area contributed by atoms with Gasteiger partial charge in [-0.2, -0.15) is 13.2 Å². The average molecular weight is 330 g/mol. The first-order valence-corrected chi connectivity index (χ1v) is 7.60. The summed E-state index contributed by atoms with van der Waals surface area (Å²) in [4.78, 5) is 13.3. The third-order valence-electron chi connectivity index (χ3n) is 3.82. The first-order chi connectivity index (χ1) is 10.9. The molecule has 1 aromatic rings. The average Bonchev–Trinajstić information content (AvgIpc) is 2.99. The number of likely N-dealkylation sites (N-methyl/N-ethyl adjacent to an activating group) is 1. The van der Waals surface area contributed by atoms with Crippen LogP contribution in [0.5, 0.6) is 0 Å². The van der Waals surface area contributed by atoms with Crippen LogP contribution in [0.2, 0.25) is 0 Å². The van der Waals surface area contributed by atoms with Crippen molar-refractivity contribution in [1.82, 2.24) is 10.2 Å². The highest BCUT2D eigenvalue weighted by atomic mass is 19.4. The molecular weight excluding hydrogens is 309 g/mol. The molecule has 1 N–H and O–H groups in total. The number of hydrogen-bond donors (Lipinski definition) is 1. The highest BCUT2D eigenvalue weighted by molar-refractivity contribution is 5.74. The molecule has 128 valence electrons. The molecule has 1 saturated heterocycles. The van der Waals surface area contributed by atoms with E-state index >= 15 is 0 Å². The van der Waals surface area contributed by atoms with Crippen molar-refractivity contribution in [3.63, 3.8) is 0 Å². The van der Waals surface area contributed by atoms with Gasteiger partial charge in [-0.25, -0.2) is 4.79 Å². The predicted molar refractivity (Wildman–Crippen MR) is 80.1 cm³/mol. The van der Waals surface area contributed by atoms with Crippen LogP contribution in [0, 0.1) is 0 Å². The van der Waals surface area contributed by atoms with Crippen LogP contribution in [0.25, 0.3) is 0 Å². The van der Waals surface area contributed by atoms with E-state index in [1.807, 2.05) is 0 Å². The molecule has 23 heavy (non-hydrogen) atoms.